The van der Waals surface area contributed by atoms with Crippen LogP contribution in [-0.2, 0) is 0 Å². The number of anilines is 1. The van der Waals surface area contributed by atoms with Gasteiger partial charge in [-0.3, -0.25) is 0 Å². The third kappa shape index (κ3) is 2.28. The molecule has 0 aliphatic heterocycles. The molecule has 0 saturated heterocycles. The van der Waals surface area contributed by atoms with Gasteiger partial charge in [0.05, 0.1) is 0 Å². The maximum absolute atomic E-state index is 10.1. The summed E-state index contributed by atoms with van der Waals surface area (Å²) in [4.78, 5) is 12.3. The second-order valence-corrected chi connectivity index (χ2v) is 4.63. The summed E-state index contributed by atoms with van der Waals surface area (Å²) in [5, 5.41) is 16.8. The van der Waals surface area contributed by atoms with Crippen LogP contribution in [0, 0.1) is 5.92 Å². The van der Waals surface area contributed by atoms with Crippen LogP contribution >= 0.6 is 0 Å². The molecule has 2 aromatic rings. The fraction of sp³-hybridized carbons (Fsp3) is 0.500. The van der Waals surface area contributed by atoms with E-state index in [1.54, 1.807) is 13.1 Å². The number of aromatic nitrogens is 4. The summed E-state index contributed by atoms with van der Waals surface area (Å²) in [5.41, 5.74) is 0.565. The SMILES string of the molecule is CNc1cc(-c2noc(C(O)C3CCC3)n2)ncn1. The fourth-order valence-corrected chi connectivity index (χ4v) is 2.03. The minimum Gasteiger partial charge on any atom is -0.383 e. The average Bonchev–Trinajstić information content (AvgIpc) is 2.86. The molecule has 19 heavy (non-hydrogen) atoms. The van der Waals surface area contributed by atoms with Gasteiger partial charge < -0.3 is 14.9 Å². The highest BCUT2D eigenvalue weighted by molar-refractivity contribution is 5.53. The van der Waals surface area contributed by atoms with Crippen LogP contribution in [0.2, 0.25) is 0 Å². The van der Waals surface area contributed by atoms with Gasteiger partial charge in [-0.2, -0.15) is 4.98 Å². The van der Waals surface area contributed by atoms with Crippen LogP contribution in [0.15, 0.2) is 16.9 Å². The van der Waals surface area contributed by atoms with E-state index >= 15 is 0 Å². The summed E-state index contributed by atoms with van der Waals surface area (Å²) < 4.78 is 5.12. The molecule has 2 N–H and O–H groups in total. The van der Waals surface area contributed by atoms with E-state index in [-0.39, 0.29) is 11.8 Å². The maximum atomic E-state index is 10.1. The zero-order valence-corrected chi connectivity index (χ0v) is 10.6. The molecule has 0 bridgehead atoms. The zero-order chi connectivity index (χ0) is 13.2. The Balaban J connectivity index is 1.83. The van der Waals surface area contributed by atoms with Crippen molar-refractivity contribution in [2.75, 3.05) is 12.4 Å². The van der Waals surface area contributed by atoms with Gasteiger partial charge in [0, 0.05) is 13.1 Å². The van der Waals surface area contributed by atoms with Crippen molar-refractivity contribution in [1.29, 1.82) is 0 Å². The monoisotopic (exact) mass is 261 g/mol. The molecule has 0 amide bonds. The van der Waals surface area contributed by atoms with E-state index in [0.29, 0.717) is 17.3 Å². The predicted octanol–water partition coefficient (Wildman–Crippen LogP) is 1.40. The van der Waals surface area contributed by atoms with E-state index in [2.05, 4.69) is 25.4 Å². The molecular formula is C12H15N5O2. The van der Waals surface area contributed by atoms with E-state index in [4.69, 9.17) is 4.52 Å². The first-order chi connectivity index (χ1) is 9.28. The normalized spacial score (nSPS) is 16.9. The van der Waals surface area contributed by atoms with E-state index in [0.717, 1.165) is 19.3 Å². The standard InChI is InChI=1S/C12H15N5O2/c1-13-9-5-8(14-6-15-9)11-16-12(19-17-11)10(18)7-3-2-4-7/h5-7,10,18H,2-4H2,1H3,(H,13,14,15). The number of hydrogen-bond acceptors (Lipinski definition) is 7. The summed E-state index contributed by atoms with van der Waals surface area (Å²) in [7, 11) is 1.77. The lowest BCUT2D eigenvalue weighted by atomic mass is 9.81. The highest BCUT2D eigenvalue weighted by Gasteiger charge is 2.31. The van der Waals surface area contributed by atoms with Gasteiger partial charge in [0.25, 0.3) is 5.89 Å². The van der Waals surface area contributed by atoms with Crippen molar-refractivity contribution >= 4 is 5.82 Å². The molecule has 1 aliphatic rings. The molecule has 2 heterocycles. The lowest BCUT2D eigenvalue weighted by Gasteiger charge is -2.27. The van der Waals surface area contributed by atoms with Gasteiger partial charge >= 0.3 is 0 Å². The van der Waals surface area contributed by atoms with Crippen molar-refractivity contribution in [2.45, 2.75) is 25.4 Å². The van der Waals surface area contributed by atoms with Crippen LogP contribution in [-0.4, -0.2) is 32.3 Å². The molecule has 1 aliphatic carbocycles. The summed E-state index contributed by atoms with van der Waals surface area (Å²) in [6, 6.07) is 1.73. The molecule has 7 nitrogen and oxygen atoms in total. The Hall–Kier alpha value is -2.02. The van der Waals surface area contributed by atoms with Gasteiger partial charge in [0.2, 0.25) is 5.82 Å². The molecule has 100 valence electrons. The van der Waals surface area contributed by atoms with E-state index < -0.39 is 6.10 Å². The van der Waals surface area contributed by atoms with E-state index in [1.807, 2.05) is 0 Å². The number of rotatable bonds is 4. The molecule has 3 rings (SSSR count). The van der Waals surface area contributed by atoms with Gasteiger partial charge in [-0.1, -0.05) is 11.6 Å². The van der Waals surface area contributed by atoms with Crippen LogP contribution in [0.3, 0.4) is 0 Å². The fourth-order valence-electron chi connectivity index (χ4n) is 2.03. The van der Waals surface area contributed by atoms with Crippen LogP contribution in [0.5, 0.6) is 0 Å². The third-order valence-corrected chi connectivity index (χ3v) is 3.44. The Morgan fingerprint density at radius 3 is 2.95 bits per heavy atom. The molecular weight excluding hydrogens is 246 g/mol. The van der Waals surface area contributed by atoms with Crippen molar-refractivity contribution in [3.63, 3.8) is 0 Å². The Kier molecular flexibility index (Phi) is 3.12. The molecule has 2 aromatic heterocycles. The number of aliphatic hydroxyl groups is 1. The molecule has 1 saturated carbocycles. The van der Waals surface area contributed by atoms with Crippen molar-refractivity contribution in [3.8, 4) is 11.5 Å². The highest BCUT2D eigenvalue weighted by Crippen LogP contribution is 2.37. The third-order valence-electron chi connectivity index (χ3n) is 3.44. The van der Waals surface area contributed by atoms with Gasteiger partial charge in [-0.05, 0) is 18.8 Å². The minimum absolute atomic E-state index is 0.242. The molecule has 1 atom stereocenters. The summed E-state index contributed by atoms with van der Waals surface area (Å²) in [6.45, 7) is 0. The van der Waals surface area contributed by atoms with Gasteiger partial charge in [-0.25, -0.2) is 9.97 Å². The highest BCUT2D eigenvalue weighted by atomic mass is 16.5. The maximum Gasteiger partial charge on any atom is 0.256 e. The Bertz CT molecular complexity index is 567. The first-order valence-electron chi connectivity index (χ1n) is 6.30. The Morgan fingerprint density at radius 2 is 2.26 bits per heavy atom. The van der Waals surface area contributed by atoms with E-state index in [1.165, 1.54) is 6.33 Å². The number of nitrogens with zero attached hydrogens (tertiary/aromatic N) is 4. The Morgan fingerprint density at radius 1 is 1.42 bits per heavy atom. The van der Waals surface area contributed by atoms with Crippen molar-refractivity contribution in [1.82, 2.24) is 20.1 Å². The predicted molar refractivity (Wildman–Crippen MR) is 67.2 cm³/mol. The number of nitrogens with one attached hydrogen (secondary N) is 1. The minimum atomic E-state index is -0.666. The lowest BCUT2D eigenvalue weighted by Crippen LogP contribution is -2.20. The quantitative estimate of drug-likeness (QED) is 0.858. The second-order valence-electron chi connectivity index (χ2n) is 4.63. The summed E-state index contributed by atoms with van der Waals surface area (Å²) in [6.07, 6.45) is 3.94. The van der Waals surface area contributed by atoms with Crippen LogP contribution in [0.4, 0.5) is 5.82 Å². The largest absolute Gasteiger partial charge is 0.383 e. The molecule has 0 radical (unpaired) electrons. The van der Waals surface area contributed by atoms with Crippen LogP contribution in [0.1, 0.15) is 31.3 Å². The first kappa shape index (κ1) is 12.0. The molecule has 1 unspecified atom stereocenters. The van der Waals surface area contributed by atoms with Gasteiger partial charge in [0.15, 0.2) is 0 Å². The van der Waals surface area contributed by atoms with Crippen LogP contribution < -0.4 is 5.32 Å². The van der Waals surface area contributed by atoms with Gasteiger partial charge in [-0.15, -0.1) is 0 Å². The Labute approximate surface area is 110 Å². The van der Waals surface area contributed by atoms with Crippen molar-refractivity contribution in [3.05, 3.63) is 18.3 Å². The van der Waals surface area contributed by atoms with Crippen molar-refractivity contribution in [2.24, 2.45) is 5.92 Å². The second kappa shape index (κ2) is 4.93. The average molecular weight is 261 g/mol. The topological polar surface area (TPSA) is 97.0 Å². The summed E-state index contributed by atoms with van der Waals surface area (Å²) >= 11 is 0. The van der Waals surface area contributed by atoms with Gasteiger partial charge in [0.1, 0.15) is 23.9 Å². The number of aliphatic hydroxyl groups excluding tert-OH is 1. The summed E-state index contributed by atoms with van der Waals surface area (Å²) in [5.74, 6) is 1.55. The molecule has 0 spiro atoms. The van der Waals surface area contributed by atoms with Crippen molar-refractivity contribution < 1.29 is 9.63 Å². The molecule has 0 aromatic carbocycles. The smallest absolute Gasteiger partial charge is 0.256 e. The molecule has 7 heteroatoms. The van der Waals surface area contributed by atoms with Crippen LogP contribution in [0.25, 0.3) is 11.5 Å². The first-order valence-corrected chi connectivity index (χ1v) is 6.30. The number of hydrogen-bond donors (Lipinski definition) is 2. The molecule has 1 fully saturated rings. The zero-order valence-electron chi connectivity index (χ0n) is 10.6. The van der Waals surface area contributed by atoms with E-state index in [9.17, 15) is 5.11 Å². The lowest BCUT2D eigenvalue weighted by molar-refractivity contribution is 0.0354.